The quantitative estimate of drug-likeness (QED) is 0.422. The highest BCUT2D eigenvalue weighted by molar-refractivity contribution is 5.90. The number of carbonyl (C=O) groups excluding carboxylic acids is 3. The molecule has 1 aliphatic heterocycles. The molecule has 1 aliphatic rings. The third-order valence-corrected chi connectivity index (χ3v) is 5.18. The summed E-state index contributed by atoms with van der Waals surface area (Å²) in [6.45, 7) is -0.336. The van der Waals surface area contributed by atoms with Crippen molar-refractivity contribution in [1.29, 1.82) is 0 Å². The summed E-state index contributed by atoms with van der Waals surface area (Å²) in [5, 5.41) is 10.5. The maximum Gasteiger partial charge on any atom is 0.338 e. The van der Waals surface area contributed by atoms with E-state index in [4.69, 9.17) is 18.9 Å². The SMILES string of the molecule is O=C(OC[C@H]1O[C@@H](O)[C@H](OC(=O)c2ccccc2)C1OC(=O)c1ccccc1)c1ccccc1. The highest BCUT2D eigenvalue weighted by Crippen LogP contribution is 2.28. The topological polar surface area (TPSA) is 108 Å². The van der Waals surface area contributed by atoms with Crippen molar-refractivity contribution in [1.82, 2.24) is 0 Å². The van der Waals surface area contributed by atoms with Crippen molar-refractivity contribution in [2.75, 3.05) is 6.61 Å². The van der Waals surface area contributed by atoms with Crippen LogP contribution in [-0.2, 0) is 18.9 Å². The first-order valence-corrected chi connectivity index (χ1v) is 10.6. The van der Waals surface area contributed by atoms with Gasteiger partial charge in [-0.05, 0) is 36.4 Å². The molecule has 1 fully saturated rings. The van der Waals surface area contributed by atoms with E-state index in [2.05, 4.69) is 0 Å². The van der Waals surface area contributed by atoms with E-state index in [1.165, 1.54) is 0 Å². The maximum atomic E-state index is 12.7. The molecular formula is C26H22O8. The van der Waals surface area contributed by atoms with Crippen molar-refractivity contribution in [3.8, 4) is 0 Å². The molecule has 3 aromatic rings. The van der Waals surface area contributed by atoms with Gasteiger partial charge in [0.2, 0.25) is 0 Å². The van der Waals surface area contributed by atoms with Gasteiger partial charge in [-0.3, -0.25) is 0 Å². The molecule has 0 radical (unpaired) electrons. The fourth-order valence-electron chi connectivity index (χ4n) is 3.46. The van der Waals surface area contributed by atoms with Crippen LogP contribution in [0.1, 0.15) is 31.1 Å². The highest BCUT2D eigenvalue weighted by Gasteiger charge is 2.50. The van der Waals surface area contributed by atoms with Crippen LogP contribution < -0.4 is 0 Å². The van der Waals surface area contributed by atoms with Gasteiger partial charge in [-0.15, -0.1) is 0 Å². The van der Waals surface area contributed by atoms with E-state index in [-0.39, 0.29) is 17.7 Å². The number of hydrogen-bond donors (Lipinski definition) is 1. The highest BCUT2D eigenvalue weighted by atomic mass is 16.7. The molecule has 1 N–H and O–H groups in total. The molecule has 34 heavy (non-hydrogen) atoms. The molecule has 0 amide bonds. The van der Waals surface area contributed by atoms with Gasteiger partial charge in [0.15, 0.2) is 18.5 Å². The average Bonchev–Trinajstić information content (AvgIpc) is 3.17. The Morgan fingerprint density at radius 2 is 1.06 bits per heavy atom. The third kappa shape index (κ3) is 5.48. The standard InChI is InChI=1S/C26H22O8/c27-23(17-10-4-1-5-11-17)31-16-20-21(33-24(28)18-12-6-2-7-13-18)22(26(30)32-20)34-25(29)19-14-8-3-9-15-19/h1-15,20-22,26,30H,16H2/t20-,21?,22-,26-/m1/s1. The van der Waals surface area contributed by atoms with Crippen LogP contribution in [-0.4, -0.2) is 54.2 Å². The smallest absolute Gasteiger partial charge is 0.338 e. The van der Waals surface area contributed by atoms with Gasteiger partial charge < -0.3 is 24.1 Å². The predicted octanol–water partition coefficient (Wildman–Crippen LogP) is 3.01. The van der Waals surface area contributed by atoms with Crippen LogP contribution in [0.3, 0.4) is 0 Å². The van der Waals surface area contributed by atoms with Gasteiger partial charge in [-0.25, -0.2) is 14.4 Å². The van der Waals surface area contributed by atoms with E-state index in [1.54, 1.807) is 91.0 Å². The molecule has 0 bridgehead atoms. The molecule has 0 saturated carbocycles. The summed E-state index contributed by atoms with van der Waals surface area (Å²) in [6, 6.07) is 24.7. The van der Waals surface area contributed by atoms with Crippen LogP contribution in [0, 0.1) is 0 Å². The van der Waals surface area contributed by atoms with Crippen LogP contribution in [0.2, 0.25) is 0 Å². The largest absolute Gasteiger partial charge is 0.459 e. The van der Waals surface area contributed by atoms with Gasteiger partial charge in [-0.2, -0.15) is 0 Å². The number of rotatable bonds is 7. The second-order valence-electron chi connectivity index (χ2n) is 7.50. The predicted molar refractivity (Wildman–Crippen MR) is 119 cm³/mol. The molecule has 174 valence electrons. The van der Waals surface area contributed by atoms with Crippen molar-refractivity contribution >= 4 is 17.9 Å². The molecule has 1 saturated heterocycles. The Kier molecular flexibility index (Phi) is 7.31. The van der Waals surface area contributed by atoms with E-state index in [0.717, 1.165) is 0 Å². The fourth-order valence-corrected chi connectivity index (χ4v) is 3.46. The second kappa shape index (κ2) is 10.7. The van der Waals surface area contributed by atoms with E-state index in [9.17, 15) is 19.5 Å². The summed E-state index contributed by atoms with van der Waals surface area (Å²) in [6.07, 6.45) is -5.22. The number of aliphatic hydroxyl groups excluding tert-OH is 1. The van der Waals surface area contributed by atoms with Gasteiger partial charge in [0.25, 0.3) is 0 Å². The molecule has 0 aliphatic carbocycles. The van der Waals surface area contributed by atoms with E-state index in [1.807, 2.05) is 0 Å². The lowest BCUT2D eigenvalue weighted by molar-refractivity contribution is -0.135. The monoisotopic (exact) mass is 462 g/mol. The third-order valence-electron chi connectivity index (χ3n) is 5.18. The van der Waals surface area contributed by atoms with Gasteiger partial charge in [-0.1, -0.05) is 54.6 Å². The Bertz CT molecular complexity index is 1120. The van der Waals surface area contributed by atoms with E-state index >= 15 is 0 Å². The van der Waals surface area contributed by atoms with E-state index in [0.29, 0.717) is 5.56 Å². The Morgan fingerprint density at radius 3 is 1.53 bits per heavy atom. The van der Waals surface area contributed by atoms with Crippen LogP contribution in [0.15, 0.2) is 91.0 Å². The van der Waals surface area contributed by atoms with E-state index < -0.39 is 42.5 Å². The Morgan fingerprint density at radius 1 is 0.647 bits per heavy atom. The first-order valence-electron chi connectivity index (χ1n) is 10.6. The van der Waals surface area contributed by atoms with Crippen LogP contribution in [0.25, 0.3) is 0 Å². The Hall–Kier alpha value is -4.01. The molecule has 8 nitrogen and oxygen atoms in total. The molecule has 1 unspecified atom stereocenters. The lowest BCUT2D eigenvalue weighted by Gasteiger charge is -2.23. The molecule has 1 heterocycles. The normalized spacial score (nSPS) is 21.4. The number of carbonyl (C=O) groups is 3. The summed E-state index contributed by atoms with van der Waals surface area (Å²) >= 11 is 0. The van der Waals surface area contributed by atoms with Crippen molar-refractivity contribution in [2.24, 2.45) is 0 Å². The first-order chi connectivity index (χ1) is 16.5. The molecule has 0 spiro atoms. The lowest BCUT2D eigenvalue weighted by atomic mass is 10.1. The minimum Gasteiger partial charge on any atom is -0.459 e. The molecule has 0 aromatic heterocycles. The lowest BCUT2D eigenvalue weighted by Crippen LogP contribution is -2.42. The van der Waals surface area contributed by atoms with Crippen molar-refractivity contribution < 1.29 is 38.4 Å². The fraction of sp³-hybridized carbons (Fsp3) is 0.192. The minimum atomic E-state index is -1.60. The summed E-state index contributed by atoms with van der Waals surface area (Å²) in [4.78, 5) is 37.6. The Labute approximate surface area is 195 Å². The Balaban J connectivity index is 1.51. The number of hydrogen-bond acceptors (Lipinski definition) is 8. The number of esters is 3. The molecule has 3 aromatic carbocycles. The maximum absolute atomic E-state index is 12.7. The molecule has 4 atom stereocenters. The summed E-state index contributed by atoms with van der Waals surface area (Å²) in [5.41, 5.74) is 0.838. The van der Waals surface area contributed by atoms with Gasteiger partial charge >= 0.3 is 17.9 Å². The average molecular weight is 462 g/mol. The summed E-state index contributed by atoms with van der Waals surface area (Å²) < 4.78 is 21.8. The summed E-state index contributed by atoms with van der Waals surface area (Å²) in [5.74, 6) is -2.05. The zero-order valence-corrected chi connectivity index (χ0v) is 18.0. The summed E-state index contributed by atoms with van der Waals surface area (Å²) in [7, 11) is 0. The second-order valence-corrected chi connectivity index (χ2v) is 7.50. The van der Waals surface area contributed by atoms with Crippen LogP contribution in [0.4, 0.5) is 0 Å². The van der Waals surface area contributed by atoms with Crippen molar-refractivity contribution in [2.45, 2.75) is 24.6 Å². The molecule has 8 heteroatoms. The molecular weight excluding hydrogens is 440 g/mol. The van der Waals surface area contributed by atoms with Gasteiger partial charge in [0, 0.05) is 0 Å². The van der Waals surface area contributed by atoms with Crippen LogP contribution >= 0.6 is 0 Å². The number of benzene rings is 3. The van der Waals surface area contributed by atoms with Crippen LogP contribution in [0.5, 0.6) is 0 Å². The van der Waals surface area contributed by atoms with Gasteiger partial charge in [0.05, 0.1) is 16.7 Å². The van der Waals surface area contributed by atoms with Gasteiger partial charge in [0.1, 0.15) is 12.7 Å². The van der Waals surface area contributed by atoms with Crippen molar-refractivity contribution in [3.63, 3.8) is 0 Å². The first kappa shape index (κ1) is 23.2. The van der Waals surface area contributed by atoms with Crippen molar-refractivity contribution in [3.05, 3.63) is 108 Å². The number of aliphatic hydroxyl groups is 1. The zero-order chi connectivity index (χ0) is 23.9. The number of ether oxygens (including phenoxy) is 4. The zero-order valence-electron chi connectivity index (χ0n) is 18.0. The molecule has 4 rings (SSSR count). The minimum absolute atomic E-state index is 0.252.